The fraction of sp³-hybridized carbons (Fsp3) is 0.455. The van der Waals surface area contributed by atoms with E-state index in [1.807, 2.05) is 0 Å². The molecule has 6 N–H and O–H groups in total. The van der Waals surface area contributed by atoms with E-state index in [2.05, 4.69) is 45.0 Å². The van der Waals surface area contributed by atoms with Crippen LogP contribution in [-0.4, -0.2) is 220 Å². The van der Waals surface area contributed by atoms with Crippen LogP contribution in [0.5, 0.6) is 23.1 Å². The molecule has 2 unspecified atom stereocenters. The smallest absolute Gasteiger partial charge is 0.493 e. The zero-order chi connectivity index (χ0) is 60.2. The number of para-hydroxylation sites is 2. The molecule has 0 saturated carbocycles. The molecule has 4 heterocycles. The van der Waals surface area contributed by atoms with Gasteiger partial charge in [0.25, 0.3) is 15.9 Å². The van der Waals surface area contributed by atoms with Crippen molar-refractivity contribution >= 4 is 34.3 Å². The second-order valence-electron chi connectivity index (χ2n) is 15.6. The van der Waals surface area contributed by atoms with Gasteiger partial charge in [-0.1, -0.05) is 18.2 Å². The normalized spacial score (nSPS) is 12.2. The van der Waals surface area contributed by atoms with Crippen molar-refractivity contribution in [1.82, 2.24) is 56.3 Å². The van der Waals surface area contributed by atoms with Crippen molar-refractivity contribution in [2.24, 2.45) is 0 Å². The molecule has 0 bridgehead atoms. The lowest BCUT2D eigenvalue weighted by Gasteiger charge is -2.30. The van der Waals surface area contributed by atoms with Gasteiger partial charge >= 0.3 is 18.5 Å². The Balaban J connectivity index is 1.56. The van der Waals surface area contributed by atoms with Crippen molar-refractivity contribution in [3.63, 3.8) is 0 Å². The first-order valence-corrected chi connectivity index (χ1v) is 25.5. The molecule has 38 nitrogen and oxygen atoms in total. The molecule has 5 rings (SSSR count). The number of nitrogens with zero attached hydrogens (tertiary/aromatic N) is 12. The highest BCUT2D eigenvalue weighted by Gasteiger charge is 2.39. The molecule has 0 aliphatic carbocycles. The minimum absolute atomic E-state index is 0.00103. The maximum Gasteiger partial charge on any atom is 0.510 e. The quantitative estimate of drug-likeness (QED) is 0.0109. The molecule has 0 aliphatic heterocycles. The lowest BCUT2D eigenvalue weighted by atomic mass is 10.2. The third-order valence-electron chi connectivity index (χ3n) is 9.85. The number of methoxy groups -OCH3 is 1. The average Bonchev–Trinajstić information content (AvgIpc) is 2.94. The van der Waals surface area contributed by atoms with Gasteiger partial charge < -0.3 is 56.8 Å². The number of carbonyl (C=O) groups excluding carboxylic acids is 3. The number of sulfonamides is 1. The second kappa shape index (κ2) is 34.5. The van der Waals surface area contributed by atoms with E-state index in [1.165, 1.54) is 62.8 Å². The van der Waals surface area contributed by atoms with Gasteiger partial charge in [-0.3, -0.25) is 36.2 Å². The van der Waals surface area contributed by atoms with E-state index in [0.717, 1.165) is 11.6 Å². The molecule has 5 aromatic rings. The number of anilines is 1. The van der Waals surface area contributed by atoms with Crippen LogP contribution in [0.3, 0.4) is 0 Å². The molecule has 1 aromatic carbocycles. The molecule has 0 saturated heterocycles. The lowest BCUT2D eigenvalue weighted by molar-refractivity contribution is -0.493. The van der Waals surface area contributed by atoms with Gasteiger partial charge in [-0.05, 0) is 67.1 Å². The van der Waals surface area contributed by atoms with Crippen LogP contribution in [0.4, 0.5) is 20.2 Å². The summed E-state index contributed by atoms with van der Waals surface area (Å²) in [7, 11) is -3.72. The second-order valence-corrected chi connectivity index (χ2v) is 17.4. The van der Waals surface area contributed by atoms with Crippen molar-refractivity contribution in [1.29, 1.82) is 0 Å². The Labute approximate surface area is 469 Å². The van der Waals surface area contributed by atoms with Gasteiger partial charge in [-0.25, -0.2) is 43.2 Å². The molecule has 83 heavy (non-hydrogen) atoms. The van der Waals surface area contributed by atoms with Gasteiger partial charge in [0.2, 0.25) is 11.6 Å². The molecule has 4 aromatic heterocycles. The van der Waals surface area contributed by atoms with Crippen LogP contribution in [-0.2, 0) is 67.2 Å². The Morgan fingerprint density at radius 1 is 0.651 bits per heavy atom. The van der Waals surface area contributed by atoms with Gasteiger partial charge in [-0.2, -0.15) is 18.1 Å². The monoisotopic (exact) mass is 1200 g/mol. The number of hydrogen-bond donors (Lipinski definition) is 6. The molecule has 2 atom stereocenters. The SMILES string of the molecule is COc1ccccc1Oc1c(OCCOC(=O)OCCOCCON(O)O)nc(-c2ccnc(-c3nnnn3C(C)OC(=O)OCCOCCON(O)O)c2)nc1N(C(C)OC(=O)OCCOCCON(O)O)S(=O)(=O)c1ccc(C)cn1. The summed E-state index contributed by atoms with van der Waals surface area (Å²) in [6, 6.07) is 11.5. The molecular weight excluding hydrogens is 1140 g/mol. The third-order valence-corrected chi connectivity index (χ3v) is 11.6. The number of rotatable bonds is 37. The van der Waals surface area contributed by atoms with E-state index in [4.69, 9.17) is 93.1 Å². The van der Waals surface area contributed by atoms with Crippen molar-refractivity contribution < 1.29 is 125 Å². The van der Waals surface area contributed by atoms with E-state index >= 15 is 8.42 Å². The van der Waals surface area contributed by atoms with E-state index < -0.39 is 99.4 Å². The van der Waals surface area contributed by atoms with Crippen LogP contribution >= 0.6 is 0 Å². The molecule has 0 amide bonds. The van der Waals surface area contributed by atoms with E-state index in [0.29, 0.717) is 9.87 Å². The Morgan fingerprint density at radius 3 is 1.77 bits per heavy atom. The zero-order valence-corrected chi connectivity index (χ0v) is 45.3. The van der Waals surface area contributed by atoms with Gasteiger partial charge in [-0.15, -0.1) is 5.10 Å². The largest absolute Gasteiger partial charge is 0.510 e. The summed E-state index contributed by atoms with van der Waals surface area (Å²) in [4.78, 5) is 69.6. The fourth-order valence-electron chi connectivity index (χ4n) is 6.33. The fourth-order valence-corrected chi connectivity index (χ4v) is 7.74. The highest BCUT2D eigenvalue weighted by Crippen LogP contribution is 2.45. The summed E-state index contributed by atoms with van der Waals surface area (Å²) in [5.41, 5.74) is 0.619. The number of carbonyl (C=O) groups is 3. The zero-order valence-electron chi connectivity index (χ0n) is 44.5. The summed E-state index contributed by atoms with van der Waals surface area (Å²) in [5.74, 6) is -2.15. The minimum atomic E-state index is -5.05. The van der Waals surface area contributed by atoms with Crippen molar-refractivity contribution in [2.75, 3.05) is 104 Å². The van der Waals surface area contributed by atoms with Gasteiger partial charge in [0.1, 0.15) is 38.7 Å². The first-order valence-electron chi connectivity index (χ1n) is 24.1. The topological polar surface area (TPSA) is 453 Å². The van der Waals surface area contributed by atoms with Crippen molar-refractivity contribution in [3.8, 4) is 46.0 Å². The maximum atomic E-state index is 15.2. The summed E-state index contributed by atoms with van der Waals surface area (Å²) >= 11 is 0. The average molecular weight is 1200 g/mol. The number of tetrazole rings is 1. The molecular formula is C44H58N12O26S. The Bertz CT molecular complexity index is 2900. The van der Waals surface area contributed by atoms with E-state index in [9.17, 15) is 14.4 Å². The first-order chi connectivity index (χ1) is 39.9. The number of benzene rings is 1. The predicted molar refractivity (Wildman–Crippen MR) is 262 cm³/mol. The number of aromatic nitrogens is 8. The number of aryl methyl sites for hydroxylation is 1. The van der Waals surface area contributed by atoms with Crippen LogP contribution in [0.25, 0.3) is 22.9 Å². The van der Waals surface area contributed by atoms with Crippen molar-refractivity contribution in [3.05, 3.63) is 66.5 Å². The predicted octanol–water partition coefficient (Wildman–Crippen LogP) is 2.68. The van der Waals surface area contributed by atoms with Gasteiger partial charge in [0.15, 0.2) is 40.6 Å². The number of ether oxygens (including phenoxy) is 12. The Kier molecular flexibility index (Phi) is 27.3. The van der Waals surface area contributed by atoms with Crippen LogP contribution in [0.1, 0.15) is 25.6 Å². The van der Waals surface area contributed by atoms with E-state index in [-0.39, 0.29) is 107 Å². The molecule has 0 aliphatic rings. The highest BCUT2D eigenvalue weighted by atomic mass is 32.2. The summed E-state index contributed by atoms with van der Waals surface area (Å²) in [5, 5.41) is 61.5. The summed E-state index contributed by atoms with van der Waals surface area (Å²) in [6.07, 6.45) is -4.34. The van der Waals surface area contributed by atoms with Gasteiger partial charge in [0, 0.05) is 18.0 Å². The van der Waals surface area contributed by atoms with Crippen LogP contribution in [0, 0.1) is 6.92 Å². The Hall–Kier alpha value is -7.97. The van der Waals surface area contributed by atoms with Crippen LogP contribution in [0.2, 0.25) is 0 Å². The molecule has 0 radical (unpaired) electrons. The highest BCUT2D eigenvalue weighted by molar-refractivity contribution is 7.92. The van der Waals surface area contributed by atoms with Gasteiger partial charge in [0.05, 0.1) is 82.7 Å². The lowest BCUT2D eigenvalue weighted by Crippen LogP contribution is -2.43. The van der Waals surface area contributed by atoms with E-state index in [1.54, 1.807) is 19.1 Å². The van der Waals surface area contributed by atoms with Crippen LogP contribution in [0.15, 0.2) is 66.0 Å². The van der Waals surface area contributed by atoms with Crippen LogP contribution < -0.4 is 18.5 Å². The summed E-state index contributed by atoms with van der Waals surface area (Å²) in [6.45, 7) is 0.522. The molecule has 0 fully saturated rings. The molecule has 456 valence electrons. The molecule has 0 spiro atoms. The Morgan fingerprint density at radius 2 is 1.20 bits per heavy atom. The number of pyridine rings is 2. The first kappa shape index (κ1) is 65.8. The summed E-state index contributed by atoms with van der Waals surface area (Å²) < 4.78 is 96.9. The minimum Gasteiger partial charge on any atom is -0.493 e. The standard InChI is InChI=1S/C44H58N12O26S/c1-29-9-10-36(46-28-29)83(66,67)53(31(3)81-44(59)76-21-15-71-18-26-79-56(64)65)40-37(82-35-8-6-5-7-34(35)68-4)41(72-22-23-74-42(57)73-19-13-69-16-24-77-54(60)61)48-38(47-40)32-11-12-45-33(27-32)39-49-50-51-52(39)30(2)80-43(58)75-20-14-70-17-25-78-55(62)63/h5-12,27-28,30-31,60-65H,13-26H2,1-4H3. The number of hydrogen-bond acceptors (Lipinski definition) is 36. The van der Waals surface area contributed by atoms with Crippen molar-refractivity contribution in [2.45, 2.75) is 38.3 Å². The maximum absolute atomic E-state index is 15.2. The molecule has 39 heteroatoms. The third kappa shape index (κ3) is 22.0.